The molecule has 0 spiro atoms. The van der Waals surface area contributed by atoms with Gasteiger partial charge in [0.25, 0.3) is 5.91 Å². The molecule has 2 N–H and O–H groups in total. The van der Waals surface area contributed by atoms with E-state index in [9.17, 15) is 9.59 Å². The maximum atomic E-state index is 13.0. The standard InChI is InChI=1S/C19H20ClN3O2/c1-11-6-4-5-7-16(11)22-23-18-12(2)8-13(20)9-14(18)15(19(23)25)10-17(24)21-3/h4-9,15,22H,10H2,1-3H3,(H,21,24). The predicted octanol–water partition coefficient (Wildman–Crippen LogP) is 3.55. The molecule has 25 heavy (non-hydrogen) atoms. The number of para-hydroxylation sites is 1. The van der Waals surface area contributed by atoms with Crippen molar-refractivity contribution in [1.29, 1.82) is 0 Å². The van der Waals surface area contributed by atoms with Gasteiger partial charge in [-0.25, -0.2) is 5.01 Å². The highest BCUT2D eigenvalue weighted by molar-refractivity contribution is 6.31. The van der Waals surface area contributed by atoms with E-state index in [4.69, 9.17) is 11.6 Å². The van der Waals surface area contributed by atoms with Crippen molar-refractivity contribution in [2.75, 3.05) is 17.5 Å². The fourth-order valence-corrected chi connectivity index (χ4v) is 3.43. The summed E-state index contributed by atoms with van der Waals surface area (Å²) in [6.45, 7) is 3.88. The zero-order valence-corrected chi connectivity index (χ0v) is 15.1. The number of carbonyl (C=O) groups excluding carboxylic acids is 2. The molecule has 0 radical (unpaired) electrons. The normalized spacial score (nSPS) is 15.9. The molecule has 0 saturated carbocycles. The summed E-state index contributed by atoms with van der Waals surface area (Å²) in [5.74, 6) is -0.893. The number of fused-ring (bicyclic) bond motifs is 1. The quantitative estimate of drug-likeness (QED) is 0.879. The number of halogens is 1. The Kier molecular flexibility index (Phi) is 4.68. The van der Waals surface area contributed by atoms with Gasteiger partial charge in [0, 0.05) is 18.5 Å². The zero-order valence-electron chi connectivity index (χ0n) is 14.4. The van der Waals surface area contributed by atoms with Crippen LogP contribution in [0.5, 0.6) is 0 Å². The summed E-state index contributed by atoms with van der Waals surface area (Å²) in [5, 5.41) is 4.68. The first kappa shape index (κ1) is 17.3. The number of benzene rings is 2. The molecule has 0 aliphatic carbocycles. The van der Waals surface area contributed by atoms with Gasteiger partial charge in [0.05, 0.1) is 17.3 Å². The number of nitrogens with one attached hydrogen (secondary N) is 2. The minimum atomic E-state index is -0.552. The number of aryl methyl sites for hydroxylation is 2. The van der Waals surface area contributed by atoms with E-state index in [-0.39, 0.29) is 18.2 Å². The maximum Gasteiger partial charge on any atom is 0.253 e. The van der Waals surface area contributed by atoms with Crippen LogP contribution < -0.4 is 15.8 Å². The molecule has 1 unspecified atom stereocenters. The summed E-state index contributed by atoms with van der Waals surface area (Å²) in [6.07, 6.45) is 0.0913. The Balaban J connectivity index is 2.04. The third kappa shape index (κ3) is 3.20. The summed E-state index contributed by atoms with van der Waals surface area (Å²) >= 11 is 6.19. The third-order valence-corrected chi connectivity index (χ3v) is 4.68. The first-order valence-corrected chi connectivity index (χ1v) is 8.47. The van der Waals surface area contributed by atoms with E-state index in [1.165, 1.54) is 5.01 Å². The summed E-state index contributed by atoms with van der Waals surface area (Å²) in [4.78, 5) is 24.9. The van der Waals surface area contributed by atoms with Crippen LogP contribution in [0.15, 0.2) is 36.4 Å². The Morgan fingerprint density at radius 1 is 1.20 bits per heavy atom. The van der Waals surface area contributed by atoms with Crippen molar-refractivity contribution < 1.29 is 9.59 Å². The van der Waals surface area contributed by atoms with Gasteiger partial charge in [0.1, 0.15) is 0 Å². The molecule has 0 bridgehead atoms. The number of rotatable bonds is 4. The smallest absolute Gasteiger partial charge is 0.253 e. The molecule has 1 heterocycles. The lowest BCUT2D eigenvalue weighted by atomic mass is 9.95. The van der Waals surface area contributed by atoms with Gasteiger partial charge in [-0.2, -0.15) is 0 Å². The Morgan fingerprint density at radius 3 is 2.60 bits per heavy atom. The molecule has 0 aromatic heterocycles. The Bertz CT molecular complexity index is 851. The predicted molar refractivity (Wildman–Crippen MR) is 99.9 cm³/mol. The van der Waals surface area contributed by atoms with E-state index in [0.29, 0.717) is 5.02 Å². The first-order valence-electron chi connectivity index (χ1n) is 8.09. The molecule has 5 nitrogen and oxygen atoms in total. The highest BCUT2D eigenvalue weighted by Crippen LogP contribution is 2.43. The van der Waals surface area contributed by atoms with Gasteiger partial charge in [-0.05, 0) is 48.7 Å². The lowest BCUT2D eigenvalue weighted by Crippen LogP contribution is -2.36. The third-order valence-electron chi connectivity index (χ3n) is 4.46. The monoisotopic (exact) mass is 357 g/mol. The second kappa shape index (κ2) is 6.76. The molecule has 1 atom stereocenters. The zero-order chi connectivity index (χ0) is 18.1. The highest BCUT2D eigenvalue weighted by Gasteiger charge is 2.40. The van der Waals surface area contributed by atoms with Crippen LogP contribution in [0.4, 0.5) is 11.4 Å². The van der Waals surface area contributed by atoms with Gasteiger partial charge in [-0.3, -0.25) is 15.0 Å². The molecule has 0 saturated heterocycles. The van der Waals surface area contributed by atoms with Gasteiger partial charge in [0.15, 0.2) is 0 Å². The van der Waals surface area contributed by atoms with Crippen LogP contribution in [0.3, 0.4) is 0 Å². The number of hydrogen-bond donors (Lipinski definition) is 2. The number of nitrogens with zero attached hydrogens (tertiary/aromatic N) is 1. The van der Waals surface area contributed by atoms with Crippen molar-refractivity contribution in [3.05, 3.63) is 58.1 Å². The molecule has 2 aromatic carbocycles. The summed E-state index contributed by atoms with van der Waals surface area (Å²) < 4.78 is 0. The molecular weight excluding hydrogens is 338 g/mol. The van der Waals surface area contributed by atoms with Crippen LogP contribution in [-0.2, 0) is 9.59 Å². The van der Waals surface area contributed by atoms with Crippen molar-refractivity contribution in [1.82, 2.24) is 5.32 Å². The topological polar surface area (TPSA) is 61.4 Å². The van der Waals surface area contributed by atoms with Crippen molar-refractivity contribution in [2.24, 2.45) is 0 Å². The molecule has 2 aromatic rings. The van der Waals surface area contributed by atoms with Crippen molar-refractivity contribution in [3.8, 4) is 0 Å². The van der Waals surface area contributed by atoms with Crippen LogP contribution in [0.2, 0.25) is 5.02 Å². The highest BCUT2D eigenvalue weighted by atomic mass is 35.5. The van der Waals surface area contributed by atoms with Gasteiger partial charge in [0.2, 0.25) is 5.91 Å². The van der Waals surface area contributed by atoms with Crippen molar-refractivity contribution >= 4 is 34.8 Å². The first-order chi connectivity index (χ1) is 11.9. The molecule has 0 fully saturated rings. The van der Waals surface area contributed by atoms with Crippen LogP contribution in [0.25, 0.3) is 0 Å². The average Bonchev–Trinajstić information content (AvgIpc) is 2.82. The summed E-state index contributed by atoms with van der Waals surface area (Å²) in [7, 11) is 1.56. The Hall–Kier alpha value is -2.53. The molecule has 130 valence electrons. The van der Waals surface area contributed by atoms with Gasteiger partial charge >= 0.3 is 0 Å². The lowest BCUT2D eigenvalue weighted by Gasteiger charge is -2.23. The Morgan fingerprint density at radius 2 is 1.92 bits per heavy atom. The largest absolute Gasteiger partial charge is 0.359 e. The second-order valence-electron chi connectivity index (χ2n) is 6.19. The summed E-state index contributed by atoms with van der Waals surface area (Å²) in [6, 6.07) is 11.3. The minimum Gasteiger partial charge on any atom is -0.359 e. The molecule has 6 heteroatoms. The Labute approximate surface area is 151 Å². The van der Waals surface area contributed by atoms with E-state index in [2.05, 4.69) is 10.7 Å². The van der Waals surface area contributed by atoms with Crippen LogP contribution >= 0.6 is 11.6 Å². The van der Waals surface area contributed by atoms with E-state index < -0.39 is 5.92 Å². The molecular formula is C19H20ClN3O2. The van der Waals surface area contributed by atoms with Crippen LogP contribution in [-0.4, -0.2) is 18.9 Å². The SMILES string of the molecule is CNC(=O)CC1C(=O)N(Nc2ccccc2C)c2c(C)cc(Cl)cc21. The van der Waals surface area contributed by atoms with Gasteiger partial charge in [-0.15, -0.1) is 0 Å². The molecule has 1 aliphatic rings. The number of hydrogen-bond acceptors (Lipinski definition) is 3. The van der Waals surface area contributed by atoms with Gasteiger partial charge in [-0.1, -0.05) is 29.8 Å². The number of amides is 2. The van der Waals surface area contributed by atoms with E-state index in [0.717, 1.165) is 28.1 Å². The number of carbonyl (C=O) groups is 2. The van der Waals surface area contributed by atoms with E-state index in [1.807, 2.05) is 44.2 Å². The average molecular weight is 358 g/mol. The fourth-order valence-electron chi connectivity index (χ4n) is 3.15. The van der Waals surface area contributed by atoms with E-state index in [1.54, 1.807) is 13.1 Å². The number of hydrazine groups is 1. The van der Waals surface area contributed by atoms with Crippen molar-refractivity contribution in [3.63, 3.8) is 0 Å². The molecule has 2 amide bonds. The fraction of sp³-hybridized carbons (Fsp3) is 0.263. The second-order valence-corrected chi connectivity index (χ2v) is 6.63. The van der Waals surface area contributed by atoms with Crippen LogP contribution in [0.1, 0.15) is 29.0 Å². The molecule has 1 aliphatic heterocycles. The summed E-state index contributed by atoms with van der Waals surface area (Å²) in [5.41, 5.74) is 7.51. The van der Waals surface area contributed by atoms with E-state index >= 15 is 0 Å². The maximum absolute atomic E-state index is 13.0. The minimum absolute atomic E-state index is 0.0913. The van der Waals surface area contributed by atoms with Crippen molar-refractivity contribution in [2.45, 2.75) is 26.2 Å². The van der Waals surface area contributed by atoms with Gasteiger partial charge < -0.3 is 5.32 Å². The molecule has 3 rings (SSSR count). The van der Waals surface area contributed by atoms with Crippen LogP contribution in [0, 0.1) is 13.8 Å². The number of anilines is 2. The lowest BCUT2D eigenvalue weighted by molar-refractivity contribution is -0.125.